The van der Waals surface area contributed by atoms with E-state index in [1.54, 1.807) is 24.3 Å². The number of carboxylic acids is 1. The van der Waals surface area contributed by atoms with Crippen LogP contribution in [-0.4, -0.2) is 11.1 Å². The highest BCUT2D eigenvalue weighted by atomic mass is 16.4. The summed E-state index contributed by atoms with van der Waals surface area (Å²) in [6.07, 6.45) is 0. The van der Waals surface area contributed by atoms with E-state index in [1.807, 2.05) is 6.07 Å². The van der Waals surface area contributed by atoms with Crippen LogP contribution in [0.5, 0.6) is 0 Å². The first-order chi connectivity index (χ1) is 9.10. The van der Waals surface area contributed by atoms with E-state index in [1.165, 1.54) is 18.2 Å². The topological polar surface area (TPSA) is 99.1 Å². The molecule has 0 saturated carbocycles. The minimum Gasteiger partial charge on any atom is -0.478 e. The lowest BCUT2D eigenvalue weighted by Crippen LogP contribution is -2.01. The van der Waals surface area contributed by atoms with Gasteiger partial charge in [0.1, 0.15) is 0 Å². The van der Waals surface area contributed by atoms with Gasteiger partial charge in [-0.05, 0) is 42.5 Å². The Kier molecular flexibility index (Phi) is 3.35. The van der Waals surface area contributed by atoms with Gasteiger partial charge in [0.2, 0.25) is 0 Å². The molecule has 0 amide bonds. The number of nitrogens with zero attached hydrogens (tertiary/aromatic N) is 1. The molecule has 4 N–H and O–H groups in total. The largest absolute Gasteiger partial charge is 0.478 e. The number of aromatic carboxylic acids is 1. The van der Waals surface area contributed by atoms with Gasteiger partial charge in [-0.2, -0.15) is 5.26 Å². The molecule has 5 nitrogen and oxygen atoms in total. The van der Waals surface area contributed by atoms with Gasteiger partial charge in [0.05, 0.1) is 28.6 Å². The minimum absolute atomic E-state index is 0.158. The van der Waals surface area contributed by atoms with Gasteiger partial charge in [0.15, 0.2) is 0 Å². The van der Waals surface area contributed by atoms with E-state index in [0.717, 1.165) is 5.69 Å². The minimum atomic E-state index is -1.01. The van der Waals surface area contributed by atoms with Crippen LogP contribution < -0.4 is 11.1 Å². The number of nitrogens with one attached hydrogen (secondary N) is 1. The Morgan fingerprint density at radius 2 is 1.89 bits per heavy atom. The lowest BCUT2D eigenvalue weighted by atomic mass is 10.1. The van der Waals surface area contributed by atoms with Gasteiger partial charge in [0, 0.05) is 5.69 Å². The first-order valence-corrected chi connectivity index (χ1v) is 5.50. The molecule has 5 heteroatoms. The summed E-state index contributed by atoms with van der Waals surface area (Å²) in [5.41, 5.74) is 8.20. The molecule has 2 aromatic rings. The predicted molar refractivity (Wildman–Crippen MR) is 72.3 cm³/mol. The van der Waals surface area contributed by atoms with Crippen LogP contribution in [0.25, 0.3) is 0 Å². The van der Waals surface area contributed by atoms with Crippen molar-refractivity contribution < 1.29 is 9.90 Å². The summed E-state index contributed by atoms with van der Waals surface area (Å²) in [6, 6.07) is 13.3. The maximum Gasteiger partial charge on any atom is 0.335 e. The second-order valence-corrected chi connectivity index (χ2v) is 3.92. The van der Waals surface area contributed by atoms with Crippen molar-refractivity contribution in [3.63, 3.8) is 0 Å². The zero-order valence-corrected chi connectivity index (χ0v) is 9.92. The molecule has 2 aromatic carbocycles. The molecular formula is C14H11N3O2. The summed E-state index contributed by atoms with van der Waals surface area (Å²) in [5, 5.41) is 20.7. The van der Waals surface area contributed by atoms with Crippen LogP contribution in [0.4, 0.5) is 17.1 Å². The molecule has 0 fully saturated rings. The third-order valence-corrected chi connectivity index (χ3v) is 2.59. The highest BCUT2D eigenvalue weighted by Gasteiger charge is 2.06. The number of carboxylic acid groups (broad SMARTS) is 1. The Bertz CT molecular complexity index is 657. The molecule has 0 aromatic heterocycles. The number of hydrogen-bond donors (Lipinski definition) is 3. The number of carbonyl (C=O) groups is 1. The maximum absolute atomic E-state index is 10.9. The SMILES string of the molecule is N#Cc1ccc(Nc2cc(C(=O)O)ccc2N)cc1. The Labute approximate surface area is 109 Å². The lowest BCUT2D eigenvalue weighted by molar-refractivity contribution is 0.0697. The van der Waals surface area contributed by atoms with Gasteiger partial charge in [-0.3, -0.25) is 0 Å². The van der Waals surface area contributed by atoms with E-state index in [4.69, 9.17) is 16.1 Å². The summed E-state index contributed by atoms with van der Waals surface area (Å²) in [4.78, 5) is 10.9. The predicted octanol–water partition coefficient (Wildman–Crippen LogP) is 2.58. The molecule has 2 rings (SSSR count). The summed E-state index contributed by atoms with van der Waals surface area (Å²) < 4.78 is 0. The van der Waals surface area contributed by atoms with Gasteiger partial charge < -0.3 is 16.2 Å². The molecular weight excluding hydrogens is 242 g/mol. The van der Waals surface area contributed by atoms with Gasteiger partial charge >= 0.3 is 5.97 Å². The number of anilines is 3. The monoisotopic (exact) mass is 253 g/mol. The molecule has 0 aliphatic heterocycles. The van der Waals surface area contributed by atoms with Crippen LogP contribution in [-0.2, 0) is 0 Å². The molecule has 0 heterocycles. The van der Waals surface area contributed by atoms with Crippen molar-refractivity contribution in [2.24, 2.45) is 0 Å². The number of nitriles is 1. The summed E-state index contributed by atoms with van der Waals surface area (Å²) in [6.45, 7) is 0. The number of benzene rings is 2. The summed E-state index contributed by atoms with van der Waals surface area (Å²) in [5.74, 6) is -1.01. The quantitative estimate of drug-likeness (QED) is 0.730. The number of rotatable bonds is 3. The Morgan fingerprint density at radius 3 is 2.47 bits per heavy atom. The van der Waals surface area contributed by atoms with E-state index in [-0.39, 0.29) is 5.56 Å². The average Bonchev–Trinajstić information content (AvgIpc) is 2.42. The van der Waals surface area contributed by atoms with Crippen LogP contribution in [0.15, 0.2) is 42.5 Å². The molecule has 0 aliphatic carbocycles. The van der Waals surface area contributed by atoms with Crippen molar-refractivity contribution in [1.29, 1.82) is 5.26 Å². The summed E-state index contributed by atoms with van der Waals surface area (Å²) >= 11 is 0. The standard InChI is InChI=1S/C14H11N3O2/c15-8-9-1-4-11(5-2-9)17-13-7-10(14(18)19)3-6-12(13)16/h1-7,17H,16H2,(H,18,19). The Balaban J connectivity index is 2.29. The van der Waals surface area contributed by atoms with Crippen molar-refractivity contribution in [2.45, 2.75) is 0 Å². The molecule has 0 aliphatic rings. The smallest absolute Gasteiger partial charge is 0.335 e. The molecule has 0 bridgehead atoms. The zero-order chi connectivity index (χ0) is 13.8. The second kappa shape index (κ2) is 5.10. The highest BCUT2D eigenvalue weighted by molar-refractivity contribution is 5.91. The number of nitrogens with two attached hydrogens (primary N) is 1. The van der Waals surface area contributed by atoms with E-state index in [2.05, 4.69) is 5.32 Å². The van der Waals surface area contributed by atoms with Crippen molar-refractivity contribution in [2.75, 3.05) is 11.1 Å². The van der Waals surface area contributed by atoms with E-state index in [9.17, 15) is 4.79 Å². The van der Waals surface area contributed by atoms with Crippen LogP contribution >= 0.6 is 0 Å². The molecule has 0 spiro atoms. The third kappa shape index (κ3) is 2.82. The molecule has 0 radical (unpaired) electrons. The molecule has 19 heavy (non-hydrogen) atoms. The molecule has 0 saturated heterocycles. The van der Waals surface area contributed by atoms with Crippen LogP contribution in [0.2, 0.25) is 0 Å². The fraction of sp³-hybridized carbons (Fsp3) is 0. The fourth-order valence-electron chi connectivity index (χ4n) is 1.58. The Morgan fingerprint density at radius 1 is 1.21 bits per heavy atom. The van der Waals surface area contributed by atoms with Crippen molar-refractivity contribution in [3.05, 3.63) is 53.6 Å². The third-order valence-electron chi connectivity index (χ3n) is 2.59. The van der Waals surface area contributed by atoms with Crippen molar-refractivity contribution in [3.8, 4) is 6.07 Å². The maximum atomic E-state index is 10.9. The number of hydrogen-bond acceptors (Lipinski definition) is 4. The second-order valence-electron chi connectivity index (χ2n) is 3.92. The van der Waals surface area contributed by atoms with E-state index < -0.39 is 5.97 Å². The van der Waals surface area contributed by atoms with Gasteiger partial charge in [-0.15, -0.1) is 0 Å². The van der Waals surface area contributed by atoms with E-state index >= 15 is 0 Å². The molecule has 0 unspecified atom stereocenters. The first kappa shape index (κ1) is 12.5. The van der Waals surface area contributed by atoms with Gasteiger partial charge in [-0.1, -0.05) is 0 Å². The van der Waals surface area contributed by atoms with Crippen LogP contribution in [0, 0.1) is 11.3 Å². The highest BCUT2D eigenvalue weighted by Crippen LogP contribution is 2.24. The molecule has 94 valence electrons. The van der Waals surface area contributed by atoms with Crippen molar-refractivity contribution >= 4 is 23.0 Å². The van der Waals surface area contributed by atoms with Crippen LogP contribution in [0.3, 0.4) is 0 Å². The van der Waals surface area contributed by atoms with E-state index in [0.29, 0.717) is 16.9 Å². The molecule has 0 atom stereocenters. The zero-order valence-electron chi connectivity index (χ0n) is 9.92. The number of nitrogen functional groups attached to an aromatic ring is 1. The van der Waals surface area contributed by atoms with Crippen LogP contribution in [0.1, 0.15) is 15.9 Å². The fourth-order valence-corrected chi connectivity index (χ4v) is 1.58. The average molecular weight is 253 g/mol. The normalized spacial score (nSPS) is 9.63. The van der Waals surface area contributed by atoms with Crippen molar-refractivity contribution in [1.82, 2.24) is 0 Å². The first-order valence-electron chi connectivity index (χ1n) is 5.50. The van der Waals surface area contributed by atoms with Gasteiger partial charge in [-0.25, -0.2) is 4.79 Å². The van der Waals surface area contributed by atoms with Gasteiger partial charge in [0.25, 0.3) is 0 Å². The summed E-state index contributed by atoms with van der Waals surface area (Å²) in [7, 11) is 0. The lowest BCUT2D eigenvalue weighted by Gasteiger charge is -2.10. The Hall–Kier alpha value is -3.00.